The van der Waals surface area contributed by atoms with E-state index in [1.807, 2.05) is 43.3 Å². The number of aryl methyl sites for hydroxylation is 1. The molecule has 0 aliphatic carbocycles. The van der Waals surface area contributed by atoms with Gasteiger partial charge < -0.3 is 15.5 Å². The van der Waals surface area contributed by atoms with E-state index in [9.17, 15) is 4.79 Å². The van der Waals surface area contributed by atoms with E-state index in [4.69, 9.17) is 0 Å². The lowest BCUT2D eigenvalue weighted by Crippen LogP contribution is -2.44. The molecule has 1 fully saturated rings. The van der Waals surface area contributed by atoms with Crippen LogP contribution in [-0.2, 0) is 0 Å². The summed E-state index contributed by atoms with van der Waals surface area (Å²) in [5.41, 5.74) is 3.59. The van der Waals surface area contributed by atoms with Crippen molar-refractivity contribution < 1.29 is 4.79 Å². The molecule has 2 heterocycles. The summed E-state index contributed by atoms with van der Waals surface area (Å²) in [6.07, 6.45) is 0.968. The summed E-state index contributed by atoms with van der Waals surface area (Å²) in [7, 11) is 0. The first kappa shape index (κ1) is 18.7. The van der Waals surface area contributed by atoms with Crippen LogP contribution in [0.25, 0.3) is 16.7 Å². The molecule has 1 amide bonds. The smallest absolute Gasteiger partial charge is 0.251 e. The van der Waals surface area contributed by atoms with Crippen LogP contribution in [0.1, 0.15) is 22.6 Å². The van der Waals surface area contributed by atoms with Crippen molar-refractivity contribution in [2.75, 3.05) is 39.3 Å². The Kier molecular flexibility index (Phi) is 5.69. The summed E-state index contributed by atoms with van der Waals surface area (Å²) >= 11 is 0. The van der Waals surface area contributed by atoms with E-state index < -0.39 is 0 Å². The molecule has 0 radical (unpaired) electrons. The van der Waals surface area contributed by atoms with Crippen LogP contribution in [-0.4, -0.2) is 59.6 Å². The lowest BCUT2D eigenvalue weighted by molar-refractivity contribution is 0.0951. The Labute approximate surface area is 165 Å². The zero-order chi connectivity index (χ0) is 19.3. The number of nitrogens with one attached hydrogen (secondary N) is 2. The topological polar surface area (TPSA) is 62.2 Å². The van der Waals surface area contributed by atoms with Crippen LogP contribution in [0.5, 0.6) is 0 Å². The number of hydrogen-bond donors (Lipinski definition) is 2. The van der Waals surface area contributed by atoms with Crippen molar-refractivity contribution in [2.45, 2.75) is 13.3 Å². The summed E-state index contributed by atoms with van der Waals surface area (Å²) < 4.78 is 2.12. The highest BCUT2D eigenvalue weighted by Gasteiger charge is 2.13. The van der Waals surface area contributed by atoms with Crippen LogP contribution in [0.15, 0.2) is 48.5 Å². The molecule has 0 atom stereocenters. The Morgan fingerprint density at radius 2 is 1.93 bits per heavy atom. The maximum atomic E-state index is 12.5. The lowest BCUT2D eigenvalue weighted by atomic mass is 10.2. The number of hydrogen-bond acceptors (Lipinski definition) is 4. The van der Waals surface area contributed by atoms with Gasteiger partial charge >= 0.3 is 0 Å². The number of carbonyl (C=O) groups is 1. The van der Waals surface area contributed by atoms with Gasteiger partial charge in [0.15, 0.2) is 0 Å². The highest BCUT2D eigenvalue weighted by molar-refractivity contribution is 5.97. The fourth-order valence-electron chi connectivity index (χ4n) is 3.79. The third-order valence-corrected chi connectivity index (χ3v) is 5.25. The minimum Gasteiger partial charge on any atom is -0.352 e. The Morgan fingerprint density at radius 3 is 2.71 bits per heavy atom. The van der Waals surface area contributed by atoms with Crippen molar-refractivity contribution in [3.05, 3.63) is 59.9 Å². The standard InChI is InChI=1S/C22H27N5O/c1-17-25-20-16-18(8-9-21(20)27(17)19-6-3-2-4-7-19)22(28)24-10-5-13-26-14-11-23-12-15-26/h2-4,6-9,16,23H,5,10-15H2,1H3,(H,24,28). The van der Waals surface area contributed by atoms with Crippen LogP contribution in [0.2, 0.25) is 0 Å². The van der Waals surface area contributed by atoms with Gasteiger partial charge in [0.2, 0.25) is 0 Å². The molecular weight excluding hydrogens is 350 g/mol. The molecular formula is C22H27N5O. The van der Waals surface area contributed by atoms with Gasteiger partial charge in [-0.05, 0) is 50.2 Å². The van der Waals surface area contributed by atoms with E-state index >= 15 is 0 Å². The largest absolute Gasteiger partial charge is 0.352 e. The lowest BCUT2D eigenvalue weighted by Gasteiger charge is -2.27. The van der Waals surface area contributed by atoms with Gasteiger partial charge in [0.1, 0.15) is 5.82 Å². The van der Waals surface area contributed by atoms with E-state index in [1.165, 1.54) is 0 Å². The van der Waals surface area contributed by atoms with Crippen LogP contribution < -0.4 is 10.6 Å². The molecule has 1 aromatic heterocycles. The molecule has 0 saturated carbocycles. The van der Waals surface area contributed by atoms with E-state index in [2.05, 4.69) is 37.2 Å². The van der Waals surface area contributed by atoms with Gasteiger partial charge in [-0.15, -0.1) is 0 Å². The van der Waals surface area contributed by atoms with Gasteiger partial charge in [0, 0.05) is 44.0 Å². The first-order valence-electron chi connectivity index (χ1n) is 9.98. The van der Waals surface area contributed by atoms with Crippen molar-refractivity contribution in [1.29, 1.82) is 0 Å². The van der Waals surface area contributed by atoms with Gasteiger partial charge in [-0.3, -0.25) is 9.36 Å². The third kappa shape index (κ3) is 4.08. The predicted octanol–water partition coefficient (Wildman–Crippen LogP) is 2.36. The molecule has 0 unspecified atom stereocenters. The van der Waals surface area contributed by atoms with Crippen molar-refractivity contribution in [1.82, 2.24) is 25.1 Å². The van der Waals surface area contributed by atoms with Crippen molar-refractivity contribution in [3.63, 3.8) is 0 Å². The predicted molar refractivity (Wildman–Crippen MR) is 112 cm³/mol. The molecule has 28 heavy (non-hydrogen) atoms. The molecule has 146 valence electrons. The molecule has 2 N–H and O–H groups in total. The molecule has 1 saturated heterocycles. The second kappa shape index (κ2) is 8.54. The Bertz CT molecular complexity index is 944. The maximum absolute atomic E-state index is 12.5. The SMILES string of the molecule is Cc1nc2cc(C(=O)NCCCN3CCNCC3)ccc2n1-c1ccccc1. The highest BCUT2D eigenvalue weighted by Crippen LogP contribution is 2.22. The number of nitrogens with zero attached hydrogens (tertiary/aromatic N) is 3. The van der Waals surface area contributed by atoms with Crippen molar-refractivity contribution in [2.24, 2.45) is 0 Å². The first-order valence-corrected chi connectivity index (χ1v) is 9.98. The maximum Gasteiger partial charge on any atom is 0.251 e. The number of amides is 1. The van der Waals surface area contributed by atoms with Crippen molar-refractivity contribution >= 4 is 16.9 Å². The molecule has 4 rings (SSSR count). The van der Waals surface area contributed by atoms with Gasteiger partial charge in [0.25, 0.3) is 5.91 Å². The van der Waals surface area contributed by atoms with Gasteiger partial charge in [-0.1, -0.05) is 18.2 Å². The third-order valence-electron chi connectivity index (χ3n) is 5.25. The van der Waals surface area contributed by atoms with E-state index in [1.54, 1.807) is 0 Å². The zero-order valence-electron chi connectivity index (χ0n) is 16.3. The fraction of sp³-hybridized carbons (Fsp3) is 0.364. The van der Waals surface area contributed by atoms with Crippen molar-refractivity contribution in [3.8, 4) is 5.69 Å². The average molecular weight is 377 g/mol. The molecule has 0 spiro atoms. The summed E-state index contributed by atoms with van der Waals surface area (Å²) in [6.45, 7) is 8.01. The Morgan fingerprint density at radius 1 is 1.14 bits per heavy atom. The quantitative estimate of drug-likeness (QED) is 0.648. The number of fused-ring (bicyclic) bond motifs is 1. The number of carbonyl (C=O) groups excluding carboxylic acids is 1. The number of para-hydroxylation sites is 1. The monoisotopic (exact) mass is 377 g/mol. The number of piperazine rings is 1. The number of benzene rings is 2. The van der Waals surface area contributed by atoms with Gasteiger partial charge in [0.05, 0.1) is 11.0 Å². The summed E-state index contributed by atoms with van der Waals surface area (Å²) in [4.78, 5) is 19.6. The molecule has 3 aromatic rings. The Hall–Kier alpha value is -2.70. The molecule has 2 aromatic carbocycles. The summed E-state index contributed by atoms with van der Waals surface area (Å²) in [5, 5.41) is 6.40. The fourth-order valence-corrected chi connectivity index (χ4v) is 3.79. The van der Waals surface area contributed by atoms with Gasteiger partial charge in [-0.2, -0.15) is 0 Å². The summed E-state index contributed by atoms with van der Waals surface area (Å²) in [6, 6.07) is 15.9. The molecule has 6 heteroatoms. The summed E-state index contributed by atoms with van der Waals surface area (Å²) in [5.74, 6) is 0.879. The number of aromatic nitrogens is 2. The minimum atomic E-state index is -0.0332. The molecule has 6 nitrogen and oxygen atoms in total. The normalized spacial score (nSPS) is 15.0. The van der Waals surface area contributed by atoms with Crippen LogP contribution in [0, 0.1) is 6.92 Å². The molecule has 1 aliphatic heterocycles. The van der Waals surface area contributed by atoms with E-state index in [-0.39, 0.29) is 5.91 Å². The van der Waals surface area contributed by atoms with Crippen LogP contribution in [0.3, 0.4) is 0 Å². The minimum absolute atomic E-state index is 0.0332. The molecule has 1 aliphatic rings. The second-order valence-corrected chi connectivity index (χ2v) is 7.23. The Balaban J connectivity index is 1.41. The first-order chi connectivity index (χ1) is 13.7. The van der Waals surface area contributed by atoms with Crippen LogP contribution in [0.4, 0.5) is 0 Å². The van der Waals surface area contributed by atoms with E-state index in [0.29, 0.717) is 12.1 Å². The van der Waals surface area contributed by atoms with E-state index in [0.717, 1.165) is 61.7 Å². The van der Waals surface area contributed by atoms with Crippen LogP contribution >= 0.6 is 0 Å². The molecule has 0 bridgehead atoms. The van der Waals surface area contributed by atoms with Gasteiger partial charge in [-0.25, -0.2) is 4.98 Å². The number of imidazole rings is 1. The average Bonchev–Trinajstić information content (AvgIpc) is 3.07. The second-order valence-electron chi connectivity index (χ2n) is 7.23. The zero-order valence-corrected chi connectivity index (χ0v) is 16.3. The number of rotatable bonds is 6. The highest BCUT2D eigenvalue weighted by atomic mass is 16.1.